The molecule has 9 aromatic rings. The number of hydrogen-bond acceptors (Lipinski definition) is 4. The third kappa shape index (κ3) is 6.54. The van der Waals surface area contributed by atoms with Gasteiger partial charge in [-0.2, -0.15) is 0 Å². The van der Waals surface area contributed by atoms with E-state index in [-0.39, 0.29) is 5.41 Å². The van der Waals surface area contributed by atoms with Gasteiger partial charge >= 0.3 is 0 Å². The number of fused-ring (bicyclic) bond motifs is 4. The van der Waals surface area contributed by atoms with Gasteiger partial charge in [-0.3, -0.25) is 4.57 Å². The number of ether oxygens (including phenoxy) is 1. The molecule has 0 bridgehead atoms. The van der Waals surface area contributed by atoms with Crippen molar-refractivity contribution >= 4 is 44.6 Å². The summed E-state index contributed by atoms with van der Waals surface area (Å²) in [6, 6.07) is 55.0. The Morgan fingerprint density at radius 3 is 1.98 bits per heavy atom. The first-order chi connectivity index (χ1) is 28.7. The van der Waals surface area contributed by atoms with Crippen LogP contribution in [0.5, 0.6) is 11.5 Å². The molecule has 59 heavy (non-hydrogen) atoms. The number of benzene rings is 7. The van der Waals surface area contributed by atoms with Crippen molar-refractivity contribution in [3.05, 3.63) is 193 Å². The smallest absolute Gasteiger partial charge is 0.137 e. The molecule has 0 unspecified atom stereocenters. The third-order valence-corrected chi connectivity index (χ3v) is 11.2. The van der Waals surface area contributed by atoms with Gasteiger partial charge in [-0.05, 0) is 88.8 Å². The lowest BCUT2D eigenvalue weighted by atomic mass is 9.88. The monoisotopic (exact) mass is 774 g/mol. The lowest BCUT2D eigenvalue weighted by Gasteiger charge is -2.27. The molecule has 0 saturated carbocycles. The molecule has 1 aliphatic heterocycles. The first-order valence-electron chi connectivity index (χ1n) is 19.8. The zero-order chi connectivity index (χ0) is 40.3. The quantitative estimate of drug-likeness (QED) is 0.161. The van der Waals surface area contributed by atoms with Gasteiger partial charge in [0.25, 0.3) is 0 Å². The van der Waals surface area contributed by atoms with Crippen LogP contribution in [0.4, 0.5) is 31.5 Å². The zero-order valence-corrected chi connectivity index (χ0v) is 32.9. The fourth-order valence-corrected chi connectivity index (χ4v) is 8.37. The highest BCUT2D eigenvalue weighted by Gasteiger charge is 2.31. The van der Waals surface area contributed by atoms with E-state index < -0.39 is 11.6 Å². The minimum Gasteiger partial charge on any atom is -0.457 e. The highest BCUT2D eigenvalue weighted by Crippen LogP contribution is 2.50. The van der Waals surface area contributed by atoms with E-state index in [0.29, 0.717) is 23.7 Å². The molecule has 0 saturated heterocycles. The van der Waals surface area contributed by atoms with Crippen LogP contribution in [0, 0.1) is 11.6 Å². The Bertz CT molecular complexity index is 3020. The van der Waals surface area contributed by atoms with E-state index in [1.165, 1.54) is 17.7 Å². The van der Waals surface area contributed by atoms with Gasteiger partial charge in [-0.15, -0.1) is 0 Å². The second-order valence-electron chi connectivity index (χ2n) is 16.0. The molecular weight excluding hydrogens is 735 g/mol. The van der Waals surface area contributed by atoms with Gasteiger partial charge in [0, 0.05) is 52.0 Å². The minimum absolute atomic E-state index is 0.0308. The van der Waals surface area contributed by atoms with Crippen molar-refractivity contribution in [1.29, 1.82) is 0 Å². The lowest BCUT2D eigenvalue weighted by molar-refractivity contribution is 0.483. The number of para-hydroxylation sites is 4. The molecule has 1 aliphatic rings. The summed E-state index contributed by atoms with van der Waals surface area (Å²) < 4.78 is 38.4. The standard InChI is InChI=1S/C52H40F2N4O/c1-52(2,3)36-25-26-55-50(29-36)58-46-20-8-7-17-44(46)45-24-23-41(32-49(45)58)59-40-16-11-15-39(31-40)56-33-57(48-22-10-9-21-47(48)56)51-42(34-13-5-4-6-14-34)18-12-19-43(51)35-27-37(53)30-38(54)28-35/h4-32H,33H2,1-3H3. The number of pyridine rings is 1. The van der Waals surface area contributed by atoms with Crippen molar-refractivity contribution in [2.24, 2.45) is 0 Å². The zero-order valence-electron chi connectivity index (χ0n) is 32.9. The second-order valence-corrected chi connectivity index (χ2v) is 16.0. The molecule has 0 radical (unpaired) electrons. The van der Waals surface area contributed by atoms with Crippen molar-refractivity contribution in [1.82, 2.24) is 9.55 Å². The normalized spacial score (nSPS) is 12.7. The predicted molar refractivity (Wildman–Crippen MR) is 237 cm³/mol. The van der Waals surface area contributed by atoms with E-state index in [1.807, 2.05) is 66.9 Å². The second kappa shape index (κ2) is 14.3. The number of nitrogens with zero attached hydrogens (tertiary/aromatic N) is 4. The largest absolute Gasteiger partial charge is 0.457 e. The van der Waals surface area contributed by atoms with Gasteiger partial charge in [0.15, 0.2) is 0 Å². The van der Waals surface area contributed by atoms with Crippen LogP contribution >= 0.6 is 0 Å². The van der Waals surface area contributed by atoms with Crippen LogP contribution in [-0.2, 0) is 5.41 Å². The third-order valence-electron chi connectivity index (χ3n) is 11.2. The van der Waals surface area contributed by atoms with Crippen molar-refractivity contribution in [3.63, 3.8) is 0 Å². The summed E-state index contributed by atoms with van der Waals surface area (Å²) >= 11 is 0. The Labute approximate surface area is 342 Å². The highest BCUT2D eigenvalue weighted by atomic mass is 19.1. The van der Waals surface area contributed by atoms with Crippen LogP contribution in [0.3, 0.4) is 0 Å². The molecule has 0 aliphatic carbocycles. The van der Waals surface area contributed by atoms with E-state index in [4.69, 9.17) is 9.72 Å². The summed E-state index contributed by atoms with van der Waals surface area (Å²) in [5, 5.41) is 2.27. The SMILES string of the molecule is CC(C)(C)c1ccnc(-n2c3ccccc3c3ccc(Oc4cccc(N5CN(c6c(-c7ccccc7)cccc6-c6cc(F)cc(F)c6)c6ccccc65)c4)cc32)c1. The average molecular weight is 775 g/mol. The fraction of sp³-hybridized carbons (Fsp3) is 0.0962. The summed E-state index contributed by atoms with van der Waals surface area (Å²) in [4.78, 5) is 9.32. The molecule has 0 spiro atoms. The van der Waals surface area contributed by atoms with E-state index >= 15 is 0 Å². The van der Waals surface area contributed by atoms with Gasteiger partial charge in [0.05, 0.1) is 28.1 Å². The first-order valence-corrected chi connectivity index (χ1v) is 19.8. The predicted octanol–water partition coefficient (Wildman–Crippen LogP) is 14.1. The Balaban J connectivity index is 1.04. The molecule has 288 valence electrons. The number of halogens is 2. The average Bonchev–Trinajstić information content (AvgIpc) is 3.79. The molecule has 7 heteroatoms. The first kappa shape index (κ1) is 36.1. The maximum atomic E-state index is 14.8. The Morgan fingerprint density at radius 2 is 1.20 bits per heavy atom. The van der Waals surface area contributed by atoms with Gasteiger partial charge in [-0.1, -0.05) is 106 Å². The molecule has 3 heterocycles. The number of aromatic nitrogens is 2. The maximum absolute atomic E-state index is 14.8. The summed E-state index contributed by atoms with van der Waals surface area (Å²) in [6.07, 6.45) is 1.89. The van der Waals surface area contributed by atoms with Crippen LogP contribution in [0.1, 0.15) is 26.3 Å². The van der Waals surface area contributed by atoms with Gasteiger partial charge in [-0.25, -0.2) is 13.8 Å². The Morgan fingerprint density at radius 1 is 0.542 bits per heavy atom. The molecule has 5 nitrogen and oxygen atoms in total. The molecule has 2 aromatic heterocycles. The van der Waals surface area contributed by atoms with Crippen molar-refractivity contribution < 1.29 is 13.5 Å². The molecule has 0 N–H and O–H groups in total. The molecule has 0 fully saturated rings. The van der Waals surface area contributed by atoms with Crippen LogP contribution in [0.15, 0.2) is 176 Å². The molecule has 7 aromatic carbocycles. The van der Waals surface area contributed by atoms with Gasteiger partial charge in [0.2, 0.25) is 0 Å². The molecule has 0 atom stereocenters. The summed E-state index contributed by atoms with van der Waals surface area (Å²) in [5.74, 6) is 1.01. The summed E-state index contributed by atoms with van der Waals surface area (Å²) in [6.45, 7) is 7.09. The molecule has 10 rings (SSSR count). The van der Waals surface area contributed by atoms with Gasteiger partial charge < -0.3 is 14.5 Å². The molecule has 0 amide bonds. The lowest BCUT2D eigenvalue weighted by Crippen LogP contribution is -2.25. The van der Waals surface area contributed by atoms with E-state index in [9.17, 15) is 8.78 Å². The Kier molecular flexibility index (Phi) is 8.75. The topological polar surface area (TPSA) is 33.5 Å². The number of rotatable bonds is 7. The fourth-order valence-electron chi connectivity index (χ4n) is 8.37. The molecular formula is C52H40F2N4O. The highest BCUT2D eigenvalue weighted by molar-refractivity contribution is 6.09. The van der Waals surface area contributed by atoms with Crippen molar-refractivity contribution in [3.8, 4) is 39.6 Å². The number of hydrogen-bond donors (Lipinski definition) is 0. The minimum atomic E-state index is -0.622. The van der Waals surface area contributed by atoms with Crippen LogP contribution in [0.25, 0.3) is 49.9 Å². The van der Waals surface area contributed by atoms with Crippen molar-refractivity contribution in [2.75, 3.05) is 16.5 Å². The van der Waals surface area contributed by atoms with E-state index in [2.05, 4.69) is 126 Å². The number of anilines is 4. The summed E-state index contributed by atoms with van der Waals surface area (Å²) in [5.41, 5.74) is 10.2. The van der Waals surface area contributed by atoms with E-state index in [1.54, 1.807) is 0 Å². The van der Waals surface area contributed by atoms with Crippen molar-refractivity contribution in [2.45, 2.75) is 26.2 Å². The van der Waals surface area contributed by atoms with Gasteiger partial charge in [0.1, 0.15) is 35.6 Å². The van der Waals surface area contributed by atoms with Crippen LogP contribution in [0.2, 0.25) is 0 Å². The Hall–Kier alpha value is -7.25. The summed E-state index contributed by atoms with van der Waals surface area (Å²) in [7, 11) is 0. The van der Waals surface area contributed by atoms with E-state index in [0.717, 1.165) is 73.1 Å². The van der Waals surface area contributed by atoms with Crippen LogP contribution in [-0.4, -0.2) is 16.2 Å². The van der Waals surface area contributed by atoms with Crippen LogP contribution < -0.4 is 14.5 Å². The maximum Gasteiger partial charge on any atom is 0.137 e.